The average molecular weight is 317 g/mol. The number of nitrogens with zero attached hydrogens (tertiary/aromatic N) is 1. The number of hydroxylamine groups is 2. The summed E-state index contributed by atoms with van der Waals surface area (Å²) in [6, 6.07) is 17.1. The highest BCUT2D eigenvalue weighted by molar-refractivity contribution is 6.30. The van der Waals surface area contributed by atoms with Crippen LogP contribution in [0.4, 0.5) is 5.69 Å². The molecular formula is C17H17ClN2O2. The van der Waals surface area contributed by atoms with E-state index in [1.54, 1.807) is 12.1 Å². The molecule has 1 aliphatic heterocycles. The van der Waals surface area contributed by atoms with Crippen LogP contribution in [0.15, 0.2) is 54.6 Å². The van der Waals surface area contributed by atoms with E-state index in [4.69, 9.17) is 16.4 Å². The Labute approximate surface area is 134 Å². The number of benzene rings is 2. The molecule has 1 saturated heterocycles. The van der Waals surface area contributed by atoms with Gasteiger partial charge in [0.25, 0.3) is 5.91 Å². The summed E-state index contributed by atoms with van der Waals surface area (Å²) >= 11 is 5.88. The zero-order valence-electron chi connectivity index (χ0n) is 12.3. The van der Waals surface area contributed by atoms with Crippen molar-refractivity contribution < 1.29 is 9.63 Å². The molecule has 1 heterocycles. The molecule has 0 aromatic heterocycles. The van der Waals surface area contributed by atoms with Gasteiger partial charge in [0.05, 0.1) is 13.0 Å². The van der Waals surface area contributed by atoms with Crippen LogP contribution in [-0.2, 0) is 16.2 Å². The molecule has 1 amide bonds. The third kappa shape index (κ3) is 3.40. The summed E-state index contributed by atoms with van der Waals surface area (Å²) in [5.74, 6) is -0.0344. The largest absolute Gasteiger partial charge is 0.355 e. The third-order valence-corrected chi connectivity index (χ3v) is 3.75. The van der Waals surface area contributed by atoms with Crippen molar-refractivity contribution in [2.75, 3.05) is 5.32 Å². The minimum Gasteiger partial charge on any atom is -0.355 e. The number of carbonyl (C=O) groups is 1. The van der Waals surface area contributed by atoms with Crippen molar-refractivity contribution in [2.24, 2.45) is 0 Å². The van der Waals surface area contributed by atoms with Crippen LogP contribution >= 0.6 is 11.6 Å². The van der Waals surface area contributed by atoms with Crippen LogP contribution in [0.2, 0.25) is 5.02 Å². The maximum absolute atomic E-state index is 12.2. The summed E-state index contributed by atoms with van der Waals surface area (Å²) in [5, 5.41) is 5.33. The molecule has 0 aliphatic carbocycles. The number of hydrogen-bond acceptors (Lipinski definition) is 3. The summed E-state index contributed by atoms with van der Waals surface area (Å²) in [6.07, 6.45) is 0.280. The maximum atomic E-state index is 12.2. The predicted octanol–water partition coefficient (Wildman–Crippen LogP) is 3.83. The van der Waals surface area contributed by atoms with Gasteiger partial charge in [-0.25, -0.2) is 9.90 Å². The number of nitrogens with one attached hydrogen (secondary N) is 1. The lowest BCUT2D eigenvalue weighted by Gasteiger charge is -2.26. The van der Waals surface area contributed by atoms with Crippen LogP contribution in [0, 0.1) is 0 Å². The average Bonchev–Trinajstić information content (AvgIpc) is 2.77. The fourth-order valence-electron chi connectivity index (χ4n) is 2.48. The van der Waals surface area contributed by atoms with E-state index in [2.05, 4.69) is 5.32 Å². The van der Waals surface area contributed by atoms with Crippen molar-refractivity contribution in [3.8, 4) is 0 Å². The van der Waals surface area contributed by atoms with Gasteiger partial charge in [0, 0.05) is 10.7 Å². The molecule has 1 N–H and O–H groups in total. The number of anilines is 1. The summed E-state index contributed by atoms with van der Waals surface area (Å²) in [7, 11) is 0. The number of amides is 1. The number of hydrogen-bond donors (Lipinski definition) is 1. The molecule has 1 fully saturated rings. The van der Waals surface area contributed by atoms with Gasteiger partial charge in [-0.3, -0.25) is 4.79 Å². The fraction of sp³-hybridized carbons (Fsp3) is 0.235. The highest BCUT2D eigenvalue weighted by atomic mass is 35.5. The van der Waals surface area contributed by atoms with E-state index in [-0.39, 0.29) is 12.3 Å². The zero-order valence-corrected chi connectivity index (χ0v) is 13.0. The van der Waals surface area contributed by atoms with Gasteiger partial charge in [0.15, 0.2) is 5.72 Å². The minimum atomic E-state index is -0.750. The molecule has 0 spiro atoms. The van der Waals surface area contributed by atoms with E-state index in [9.17, 15) is 4.79 Å². The molecule has 2 aromatic rings. The molecular weight excluding hydrogens is 300 g/mol. The molecule has 0 saturated carbocycles. The lowest BCUT2D eigenvalue weighted by molar-refractivity contribution is -0.192. The standard InChI is InChI=1S/C17H17ClN2O2/c1-17(19-15-9-7-14(18)8-10-15)11-16(21)20(22-17)12-13-5-3-2-4-6-13/h2-10,19H,11-12H2,1H3. The Balaban J connectivity index is 1.68. The maximum Gasteiger partial charge on any atom is 0.251 e. The normalized spacial score (nSPS) is 21.2. The van der Waals surface area contributed by atoms with Gasteiger partial charge < -0.3 is 5.32 Å². The molecule has 1 unspecified atom stereocenters. The van der Waals surface area contributed by atoms with Gasteiger partial charge >= 0.3 is 0 Å². The molecule has 3 rings (SSSR count). The van der Waals surface area contributed by atoms with Crippen molar-refractivity contribution in [1.82, 2.24) is 5.06 Å². The molecule has 1 atom stereocenters. The Morgan fingerprint density at radius 3 is 2.55 bits per heavy atom. The monoisotopic (exact) mass is 316 g/mol. The Hall–Kier alpha value is -2.04. The Morgan fingerprint density at radius 1 is 1.18 bits per heavy atom. The van der Waals surface area contributed by atoms with E-state index in [0.717, 1.165) is 11.3 Å². The van der Waals surface area contributed by atoms with Crippen molar-refractivity contribution >= 4 is 23.2 Å². The fourth-order valence-corrected chi connectivity index (χ4v) is 2.60. The molecule has 4 nitrogen and oxygen atoms in total. The highest BCUT2D eigenvalue weighted by Gasteiger charge is 2.41. The molecule has 0 radical (unpaired) electrons. The van der Waals surface area contributed by atoms with Crippen LogP contribution in [0.25, 0.3) is 0 Å². The first-order valence-corrected chi connectivity index (χ1v) is 7.49. The zero-order chi connectivity index (χ0) is 15.6. The second-order valence-electron chi connectivity index (χ2n) is 5.55. The van der Waals surface area contributed by atoms with Crippen LogP contribution in [0.5, 0.6) is 0 Å². The van der Waals surface area contributed by atoms with Crippen LogP contribution < -0.4 is 5.32 Å². The first-order valence-electron chi connectivity index (χ1n) is 7.11. The van der Waals surface area contributed by atoms with E-state index >= 15 is 0 Å². The van der Waals surface area contributed by atoms with Gasteiger partial charge in [-0.1, -0.05) is 41.9 Å². The van der Waals surface area contributed by atoms with Crippen LogP contribution in [0.3, 0.4) is 0 Å². The lowest BCUT2D eigenvalue weighted by Crippen LogP contribution is -2.35. The summed E-state index contributed by atoms with van der Waals surface area (Å²) in [5.41, 5.74) is 1.15. The van der Waals surface area contributed by atoms with Crippen LogP contribution in [0.1, 0.15) is 18.9 Å². The molecule has 2 aromatic carbocycles. The number of rotatable bonds is 4. The molecule has 5 heteroatoms. The van der Waals surface area contributed by atoms with Gasteiger partial charge in [0.2, 0.25) is 0 Å². The quantitative estimate of drug-likeness (QED) is 0.932. The van der Waals surface area contributed by atoms with Crippen molar-refractivity contribution in [2.45, 2.75) is 25.6 Å². The van der Waals surface area contributed by atoms with Crippen molar-refractivity contribution in [3.05, 3.63) is 65.2 Å². The Bertz CT molecular complexity index is 660. The smallest absolute Gasteiger partial charge is 0.251 e. The third-order valence-electron chi connectivity index (χ3n) is 3.50. The summed E-state index contributed by atoms with van der Waals surface area (Å²) in [4.78, 5) is 18.0. The second-order valence-corrected chi connectivity index (χ2v) is 5.98. The SMILES string of the molecule is CC1(Nc2ccc(Cl)cc2)CC(=O)N(Cc2ccccc2)O1. The number of carbonyl (C=O) groups excluding carboxylic acids is 1. The van der Waals surface area contributed by atoms with Gasteiger partial charge in [-0.05, 0) is 36.8 Å². The first-order chi connectivity index (χ1) is 10.5. The molecule has 114 valence electrons. The van der Waals surface area contributed by atoms with Crippen LogP contribution in [-0.4, -0.2) is 16.7 Å². The highest BCUT2D eigenvalue weighted by Crippen LogP contribution is 2.29. The summed E-state index contributed by atoms with van der Waals surface area (Å²) < 4.78 is 0. The Morgan fingerprint density at radius 2 is 1.86 bits per heavy atom. The molecule has 0 bridgehead atoms. The second kappa shape index (κ2) is 5.99. The van der Waals surface area contributed by atoms with Crippen molar-refractivity contribution in [3.63, 3.8) is 0 Å². The van der Waals surface area contributed by atoms with E-state index < -0.39 is 5.72 Å². The lowest BCUT2D eigenvalue weighted by atomic mass is 10.1. The van der Waals surface area contributed by atoms with Gasteiger partial charge in [-0.2, -0.15) is 0 Å². The Kier molecular flexibility index (Phi) is 4.05. The molecule has 22 heavy (non-hydrogen) atoms. The van der Waals surface area contributed by atoms with Gasteiger partial charge in [0.1, 0.15) is 0 Å². The number of halogens is 1. The van der Waals surface area contributed by atoms with Gasteiger partial charge in [-0.15, -0.1) is 0 Å². The predicted molar refractivity (Wildman–Crippen MR) is 86.2 cm³/mol. The van der Waals surface area contributed by atoms with Crippen molar-refractivity contribution in [1.29, 1.82) is 0 Å². The first kappa shape index (κ1) is 14.9. The molecule has 1 aliphatic rings. The minimum absolute atomic E-state index is 0.0344. The summed E-state index contributed by atoms with van der Waals surface area (Å²) in [6.45, 7) is 2.31. The van der Waals surface area contributed by atoms with E-state index in [0.29, 0.717) is 11.6 Å². The van der Waals surface area contributed by atoms with E-state index in [1.165, 1.54) is 5.06 Å². The topological polar surface area (TPSA) is 41.6 Å². The van der Waals surface area contributed by atoms with E-state index in [1.807, 2.05) is 49.4 Å².